The molecule has 0 unspecified atom stereocenters. The van der Waals surface area contributed by atoms with Gasteiger partial charge in [-0.05, 0) is 66.8 Å². The Morgan fingerprint density at radius 1 is 1.12 bits per heavy atom. The van der Waals surface area contributed by atoms with E-state index in [1.54, 1.807) is 7.11 Å². The van der Waals surface area contributed by atoms with Gasteiger partial charge in [0.1, 0.15) is 5.75 Å². The molecular formula is C28H39N3O2. The number of amides is 1. The minimum absolute atomic E-state index is 0.0230. The van der Waals surface area contributed by atoms with Gasteiger partial charge in [-0.3, -0.25) is 4.79 Å². The van der Waals surface area contributed by atoms with E-state index >= 15 is 0 Å². The number of rotatable bonds is 2. The van der Waals surface area contributed by atoms with Crippen molar-refractivity contribution < 1.29 is 9.53 Å². The SMILES string of the molecule is COc1cc(C(=O)N2CCC3(CC2)N[C@@H]2CCCC[C@@H]2Cn2cccc23)ccc1C(C)(C)C. The molecule has 5 nitrogen and oxygen atoms in total. The summed E-state index contributed by atoms with van der Waals surface area (Å²) < 4.78 is 8.15. The Hall–Kier alpha value is -2.27. The van der Waals surface area contributed by atoms with Gasteiger partial charge in [-0.2, -0.15) is 0 Å². The van der Waals surface area contributed by atoms with E-state index in [-0.39, 0.29) is 16.9 Å². The lowest BCUT2D eigenvalue weighted by Crippen LogP contribution is -2.56. The zero-order valence-corrected chi connectivity index (χ0v) is 20.7. The number of likely N-dealkylation sites (tertiary alicyclic amines) is 1. The van der Waals surface area contributed by atoms with Gasteiger partial charge >= 0.3 is 0 Å². The van der Waals surface area contributed by atoms with Gasteiger partial charge in [0.25, 0.3) is 5.91 Å². The highest BCUT2D eigenvalue weighted by Gasteiger charge is 2.44. The van der Waals surface area contributed by atoms with Crippen molar-refractivity contribution in [2.45, 2.75) is 82.8 Å². The summed E-state index contributed by atoms with van der Waals surface area (Å²) in [6.07, 6.45) is 9.47. The number of hydrogen-bond donors (Lipinski definition) is 1. The molecule has 1 saturated carbocycles. The first-order chi connectivity index (χ1) is 15.8. The van der Waals surface area contributed by atoms with E-state index < -0.39 is 0 Å². The van der Waals surface area contributed by atoms with Crippen LogP contribution in [-0.2, 0) is 17.5 Å². The molecule has 1 aromatic carbocycles. The van der Waals surface area contributed by atoms with E-state index in [1.807, 2.05) is 17.0 Å². The van der Waals surface area contributed by atoms with Crippen molar-refractivity contribution in [3.05, 3.63) is 53.3 Å². The molecule has 3 aliphatic rings. The number of nitrogens with zero attached hydrogens (tertiary/aromatic N) is 2. The maximum atomic E-state index is 13.4. The average Bonchev–Trinajstić information content (AvgIpc) is 3.24. The van der Waals surface area contributed by atoms with Crippen LogP contribution in [-0.4, -0.2) is 41.6 Å². The number of nitrogens with one attached hydrogen (secondary N) is 1. The fourth-order valence-corrected chi connectivity index (χ4v) is 6.42. The Labute approximate surface area is 198 Å². The molecule has 1 N–H and O–H groups in total. The second-order valence-electron chi connectivity index (χ2n) is 11.4. The number of hydrogen-bond acceptors (Lipinski definition) is 3. The molecule has 33 heavy (non-hydrogen) atoms. The molecule has 5 heteroatoms. The Bertz CT molecular complexity index is 1010. The van der Waals surface area contributed by atoms with Crippen LogP contribution in [0.25, 0.3) is 0 Å². The van der Waals surface area contributed by atoms with Crippen molar-refractivity contribution in [2.75, 3.05) is 20.2 Å². The van der Waals surface area contributed by atoms with Crippen LogP contribution < -0.4 is 10.1 Å². The number of fused-ring (bicyclic) bond motifs is 3. The predicted octanol–water partition coefficient (Wildman–Crippen LogP) is 5.09. The molecule has 178 valence electrons. The smallest absolute Gasteiger partial charge is 0.253 e. The highest BCUT2D eigenvalue weighted by molar-refractivity contribution is 5.95. The average molecular weight is 450 g/mol. The van der Waals surface area contributed by atoms with E-state index in [0.29, 0.717) is 6.04 Å². The van der Waals surface area contributed by atoms with Gasteiger partial charge in [-0.15, -0.1) is 0 Å². The summed E-state index contributed by atoms with van der Waals surface area (Å²) in [4.78, 5) is 15.5. The fraction of sp³-hybridized carbons (Fsp3) is 0.607. The van der Waals surface area contributed by atoms with E-state index in [2.05, 4.69) is 55.1 Å². The lowest BCUT2D eigenvalue weighted by Gasteiger charge is -2.45. The number of aromatic nitrogens is 1. The molecule has 1 saturated heterocycles. The Kier molecular flexibility index (Phi) is 5.80. The molecule has 5 rings (SSSR count). The molecule has 2 atom stereocenters. The van der Waals surface area contributed by atoms with E-state index in [4.69, 9.17) is 4.74 Å². The molecule has 3 heterocycles. The first kappa shape index (κ1) is 22.5. The lowest BCUT2D eigenvalue weighted by molar-refractivity contribution is 0.0603. The summed E-state index contributed by atoms with van der Waals surface area (Å²) in [5.41, 5.74) is 3.22. The molecule has 1 aliphatic carbocycles. The van der Waals surface area contributed by atoms with Gasteiger partial charge in [0, 0.05) is 43.1 Å². The minimum atomic E-state index is -0.0263. The molecule has 2 aromatic rings. The summed E-state index contributed by atoms with van der Waals surface area (Å²) in [6, 6.07) is 11.0. The number of piperidine rings is 1. The quantitative estimate of drug-likeness (QED) is 0.695. The summed E-state index contributed by atoms with van der Waals surface area (Å²) in [6.45, 7) is 9.19. The van der Waals surface area contributed by atoms with Crippen LogP contribution in [0.5, 0.6) is 5.75 Å². The largest absolute Gasteiger partial charge is 0.496 e. The van der Waals surface area contributed by atoms with Crippen molar-refractivity contribution in [1.82, 2.24) is 14.8 Å². The summed E-state index contributed by atoms with van der Waals surface area (Å²) in [5.74, 6) is 1.63. The van der Waals surface area contributed by atoms with E-state index in [9.17, 15) is 4.79 Å². The third kappa shape index (κ3) is 4.09. The van der Waals surface area contributed by atoms with Crippen LogP contribution in [0.1, 0.15) is 80.9 Å². The highest BCUT2D eigenvalue weighted by Crippen LogP contribution is 2.40. The normalized spacial score (nSPS) is 24.7. The number of carbonyl (C=O) groups excluding carboxylic acids is 1. The Morgan fingerprint density at radius 2 is 1.88 bits per heavy atom. The zero-order chi connectivity index (χ0) is 23.2. The van der Waals surface area contributed by atoms with Crippen LogP contribution in [0.2, 0.25) is 0 Å². The van der Waals surface area contributed by atoms with Crippen molar-refractivity contribution in [3.8, 4) is 5.75 Å². The lowest BCUT2D eigenvalue weighted by atomic mass is 9.80. The minimum Gasteiger partial charge on any atom is -0.496 e. The monoisotopic (exact) mass is 449 g/mol. The standard InChI is InChI=1S/C28H39N3O2/c1-27(2,3)22-12-11-20(18-24(22)33-4)26(32)30-16-13-28(14-17-30)25-10-7-15-31(25)19-21-8-5-6-9-23(21)29-28/h7,10-12,15,18,21,23,29H,5-6,8-9,13-14,16-17,19H2,1-4H3/t21-,23-/m1/s1. The molecule has 0 radical (unpaired) electrons. The van der Waals surface area contributed by atoms with Crippen LogP contribution in [0.4, 0.5) is 0 Å². The first-order valence-electron chi connectivity index (χ1n) is 12.7. The summed E-state index contributed by atoms with van der Waals surface area (Å²) in [5, 5.41) is 4.14. The van der Waals surface area contributed by atoms with Gasteiger partial charge < -0.3 is 19.5 Å². The summed E-state index contributed by atoms with van der Waals surface area (Å²) in [7, 11) is 1.69. The second kappa shape index (κ2) is 8.50. The summed E-state index contributed by atoms with van der Waals surface area (Å²) >= 11 is 0. The van der Waals surface area contributed by atoms with Crippen molar-refractivity contribution in [1.29, 1.82) is 0 Å². The topological polar surface area (TPSA) is 46.5 Å². The van der Waals surface area contributed by atoms with Crippen molar-refractivity contribution in [3.63, 3.8) is 0 Å². The van der Waals surface area contributed by atoms with Crippen LogP contribution in [0.3, 0.4) is 0 Å². The van der Waals surface area contributed by atoms with E-state index in [1.165, 1.54) is 31.4 Å². The third-order valence-corrected chi connectivity index (χ3v) is 8.28. The second-order valence-corrected chi connectivity index (χ2v) is 11.4. The molecule has 2 aliphatic heterocycles. The third-order valence-electron chi connectivity index (χ3n) is 8.28. The molecule has 1 amide bonds. The Balaban J connectivity index is 1.35. The maximum absolute atomic E-state index is 13.4. The molecular weight excluding hydrogens is 410 g/mol. The first-order valence-corrected chi connectivity index (χ1v) is 12.7. The van der Waals surface area contributed by atoms with Crippen LogP contribution in [0.15, 0.2) is 36.5 Å². The fourth-order valence-electron chi connectivity index (χ4n) is 6.42. The van der Waals surface area contributed by atoms with E-state index in [0.717, 1.165) is 55.3 Å². The van der Waals surface area contributed by atoms with Crippen molar-refractivity contribution >= 4 is 5.91 Å². The van der Waals surface area contributed by atoms with Crippen LogP contribution in [0, 0.1) is 5.92 Å². The number of ether oxygens (including phenoxy) is 1. The molecule has 1 spiro atoms. The number of carbonyl (C=O) groups is 1. The number of benzene rings is 1. The van der Waals surface area contributed by atoms with Crippen molar-refractivity contribution in [2.24, 2.45) is 5.92 Å². The Morgan fingerprint density at radius 3 is 2.61 bits per heavy atom. The molecule has 0 bridgehead atoms. The van der Waals surface area contributed by atoms with Gasteiger partial charge in [-0.25, -0.2) is 0 Å². The zero-order valence-electron chi connectivity index (χ0n) is 20.7. The predicted molar refractivity (Wildman–Crippen MR) is 132 cm³/mol. The molecule has 2 fully saturated rings. The van der Waals surface area contributed by atoms with Gasteiger partial charge in [0.05, 0.1) is 12.6 Å². The maximum Gasteiger partial charge on any atom is 0.253 e. The van der Waals surface area contributed by atoms with Gasteiger partial charge in [0.2, 0.25) is 0 Å². The molecule has 1 aromatic heterocycles. The number of methoxy groups -OCH3 is 1. The van der Waals surface area contributed by atoms with Gasteiger partial charge in [0.15, 0.2) is 0 Å². The highest BCUT2D eigenvalue weighted by atomic mass is 16.5. The van der Waals surface area contributed by atoms with Crippen LogP contribution >= 0.6 is 0 Å². The van der Waals surface area contributed by atoms with Gasteiger partial charge in [-0.1, -0.05) is 39.7 Å².